The molecule has 0 bridgehead atoms. The lowest BCUT2D eigenvalue weighted by molar-refractivity contribution is -0.113. The summed E-state index contributed by atoms with van der Waals surface area (Å²) in [5, 5.41) is 7.78. The number of hydrogen-bond donors (Lipinski definition) is 1. The zero-order valence-corrected chi connectivity index (χ0v) is 17.0. The number of aromatic nitrogens is 2. The number of carbonyl (C=O) groups excluding carboxylic acids is 1. The third-order valence-electron chi connectivity index (χ3n) is 4.57. The van der Waals surface area contributed by atoms with E-state index in [-0.39, 0.29) is 17.3 Å². The summed E-state index contributed by atoms with van der Waals surface area (Å²) >= 11 is 1.61. The first kappa shape index (κ1) is 18.6. The lowest BCUT2D eigenvalue weighted by Crippen LogP contribution is -2.15. The molecule has 0 fully saturated rings. The summed E-state index contributed by atoms with van der Waals surface area (Å²) in [6, 6.07) is 17.9. The molecule has 0 aliphatic carbocycles. The predicted molar refractivity (Wildman–Crippen MR) is 113 cm³/mol. The minimum atomic E-state index is -0.0404. The van der Waals surface area contributed by atoms with Gasteiger partial charge in [0.15, 0.2) is 0 Å². The zero-order valence-electron chi connectivity index (χ0n) is 16.2. The number of thioether (sulfide) groups is 1. The van der Waals surface area contributed by atoms with Crippen molar-refractivity contribution in [3.63, 3.8) is 0 Å². The standard InChI is InChI=1S/C22H23N3O2S/c1-14(2)27-18-12-8-7-11-17(18)21-20-15(3)24-25(16-9-5-4-6-10-16)22(20)23-19(26)13-28-21/h4-12,14,21H,13H2,1-3H3,(H,23,26)/t21-/m0/s1. The fraction of sp³-hybridized carbons (Fsp3) is 0.273. The predicted octanol–water partition coefficient (Wildman–Crippen LogP) is 4.74. The highest BCUT2D eigenvalue weighted by molar-refractivity contribution is 8.00. The molecule has 0 saturated heterocycles. The van der Waals surface area contributed by atoms with E-state index in [2.05, 4.69) is 11.4 Å². The van der Waals surface area contributed by atoms with Crippen LogP contribution in [-0.4, -0.2) is 27.5 Å². The third-order valence-corrected chi connectivity index (χ3v) is 5.82. The van der Waals surface area contributed by atoms with Crippen LogP contribution in [0.2, 0.25) is 0 Å². The normalized spacial score (nSPS) is 16.4. The van der Waals surface area contributed by atoms with E-state index in [0.29, 0.717) is 5.75 Å². The molecule has 0 unspecified atom stereocenters. The van der Waals surface area contributed by atoms with Gasteiger partial charge in [-0.1, -0.05) is 36.4 Å². The largest absolute Gasteiger partial charge is 0.491 e. The molecular formula is C22H23N3O2S. The number of carbonyl (C=O) groups is 1. The van der Waals surface area contributed by atoms with Gasteiger partial charge in [-0.05, 0) is 39.0 Å². The van der Waals surface area contributed by atoms with Crippen molar-refractivity contribution in [1.29, 1.82) is 0 Å². The number of para-hydroxylation sites is 2. The van der Waals surface area contributed by atoms with Gasteiger partial charge >= 0.3 is 0 Å². The van der Waals surface area contributed by atoms with Crippen LogP contribution in [-0.2, 0) is 4.79 Å². The second kappa shape index (κ2) is 7.72. The number of rotatable bonds is 4. The number of anilines is 1. The number of ether oxygens (including phenoxy) is 1. The van der Waals surface area contributed by atoms with Crippen molar-refractivity contribution >= 4 is 23.5 Å². The molecular weight excluding hydrogens is 370 g/mol. The van der Waals surface area contributed by atoms with Crippen LogP contribution in [0.1, 0.15) is 35.9 Å². The van der Waals surface area contributed by atoms with Crippen molar-refractivity contribution in [2.45, 2.75) is 32.1 Å². The molecule has 0 saturated carbocycles. The Morgan fingerprint density at radius 1 is 1.14 bits per heavy atom. The molecule has 5 nitrogen and oxygen atoms in total. The lowest BCUT2D eigenvalue weighted by atomic mass is 10.0. The van der Waals surface area contributed by atoms with Crippen LogP contribution < -0.4 is 10.1 Å². The molecule has 144 valence electrons. The number of nitrogens with one attached hydrogen (secondary N) is 1. The van der Waals surface area contributed by atoms with Crippen LogP contribution in [0.25, 0.3) is 5.69 Å². The van der Waals surface area contributed by atoms with E-state index in [1.165, 1.54) is 0 Å². The Balaban J connectivity index is 1.88. The van der Waals surface area contributed by atoms with E-state index in [1.54, 1.807) is 11.8 Å². The molecule has 6 heteroatoms. The van der Waals surface area contributed by atoms with Crippen LogP contribution in [0, 0.1) is 6.92 Å². The summed E-state index contributed by atoms with van der Waals surface area (Å²) in [4.78, 5) is 12.5. The van der Waals surface area contributed by atoms with E-state index >= 15 is 0 Å². The molecule has 0 radical (unpaired) electrons. The monoisotopic (exact) mass is 393 g/mol. The molecule has 28 heavy (non-hydrogen) atoms. The average Bonchev–Trinajstić information content (AvgIpc) is 2.89. The van der Waals surface area contributed by atoms with Crippen LogP contribution in [0.5, 0.6) is 5.75 Å². The number of nitrogens with zero attached hydrogens (tertiary/aromatic N) is 2. The molecule has 3 aromatic rings. The van der Waals surface area contributed by atoms with Gasteiger partial charge in [-0.25, -0.2) is 4.68 Å². The third kappa shape index (κ3) is 3.52. The lowest BCUT2D eigenvalue weighted by Gasteiger charge is -2.20. The second-order valence-electron chi connectivity index (χ2n) is 7.04. The fourth-order valence-electron chi connectivity index (χ4n) is 3.44. The maximum Gasteiger partial charge on any atom is 0.235 e. The SMILES string of the molecule is Cc1nn(-c2ccccc2)c2c1[C@H](c1ccccc1OC(C)C)SCC(=O)N2. The van der Waals surface area contributed by atoms with E-state index in [4.69, 9.17) is 9.84 Å². The summed E-state index contributed by atoms with van der Waals surface area (Å²) in [6.07, 6.45) is 0.0734. The molecule has 1 N–H and O–H groups in total. The summed E-state index contributed by atoms with van der Waals surface area (Å²) in [5.74, 6) is 1.95. The number of fused-ring (bicyclic) bond motifs is 1. The quantitative estimate of drug-likeness (QED) is 0.695. The molecule has 0 spiro atoms. The Hall–Kier alpha value is -2.73. The van der Waals surface area contributed by atoms with Crippen molar-refractivity contribution in [3.8, 4) is 11.4 Å². The van der Waals surface area contributed by atoms with Gasteiger partial charge in [-0.3, -0.25) is 4.79 Å². The number of amides is 1. The average molecular weight is 394 g/mol. The summed E-state index contributed by atoms with van der Waals surface area (Å²) < 4.78 is 7.89. The van der Waals surface area contributed by atoms with Crippen molar-refractivity contribution in [2.24, 2.45) is 0 Å². The van der Waals surface area contributed by atoms with Crippen LogP contribution in [0.3, 0.4) is 0 Å². The summed E-state index contributed by atoms with van der Waals surface area (Å²) in [6.45, 7) is 6.04. The maximum atomic E-state index is 12.5. The maximum absolute atomic E-state index is 12.5. The van der Waals surface area contributed by atoms with Crippen LogP contribution >= 0.6 is 11.8 Å². The first-order valence-corrected chi connectivity index (χ1v) is 10.4. The van der Waals surface area contributed by atoms with Crippen molar-refractivity contribution < 1.29 is 9.53 Å². The molecule has 1 aromatic heterocycles. The van der Waals surface area contributed by atoms with Gasteiger partial charge in [0.1, 0.15) is 11.6 Å². The second-order valence-corrected chi connectivity index (χ2v) is 8.13. The van der Waals surface area contributed by atoms with Crippen molar-refractivity contribution in [2.75, 3.05) is 11.1 Å². The fourth-order valence-corrected chi connectivity index (χ4v) is 4.66. The Morgan fingerprint density at radius 2 is 1.86 bits per heavy atom. The van der Waals surface area contributed by atoms with Gasteiger partial charge in [-0.15, -0.1) is 11.8 Å². The highest BCUT2D eigenvalue weighted by Gasteiger charge is 2.32. The van der Waals surface area contributed by atoms with E-state index < -0.39 is 0 Å². The number of hydrogen-bond acceptors (Lipinski definition) is 4. The van der Waals surface area contributed by atoms with E-state index in [0.717, 1.165) is 34.1 Å². The Bertz CT molecular complexity index is 998. The topological polar surface area (TPSA) is 56.2 Å². The molecule has 2 heterocycles. The first-order chi connectivity index (χ1) is 13.5. The Morgan fingerprint density at radius 3 is 2.61 bits per heavy atom. The Labute approximate surface area is 169 Å². The van der Waals surface area contributed by atoms with Gasteiger partial charge in [0.05, 0.1) is 28.5 Å². The van der Waals surface area contributed by atoms with Crippen molar-refractivity contribution in [1.82, 2.24) is 9.78 Å². The van der Waals surface area contributed by atoms with Crippen LogP contribution in [0.4, 0.5) is 5.82 Å². The molecule has 2 aromatic carbocycles. The van der Waals surface area contributed by atoms with Gasteiger partial charge < -0.3 is 10.1 Å². The molecule has 1 amide bonds. The molecule has 1 atom stereocenters. The van der Waals surface area contributed by atoms with E-state index in [9.17, 15) is 4.79 Å². The van der Waals surface area contributed by atoms with E-state index in [1.807, 2.05) is 74.0 Å². The highest BCUT2D eigenvalue weighted by atomic mass is 32.2. The van der Waals surface area contributed by atoms with Gasteiger partial charge in [0.2, 0.25) is 5.91 Å². The molecule has 1 aliphatic rings. The minimum Gasteiger partial charge on any atom is -0.491 e. The molecule has 1 aliphatic heterocycles. The number of benzene rings is 2. The van der Waals surface area contributed by atoms with Gasteiger partial charge in [-0.2, -0.15) is 5.10 Å². The zero-order chi connectivity index (χ0) is 19.7. The Kier molecular flexibility index (Phi) is 5.13. The molecule has 4 rings (SSSR count). The highest BCUT2D eigenvalue weighted by Crippen LogP contribution is 2.46. The van der Waals surface area contributed by atoms with Gasteiger partial charge in [0.25, 0.3) is 0 Å². The van der Waals surface area contributed by atoms with Crippen LogP contribution in [0.15, 0.2) is 54.6 Å². The summed E-state index contributed by atoms with van der Waals surface area (Å²) in [7, 11) is 0. The first-order valence-electron chi connectivity index (χ1n) is 9.36. The summed E-state index contributed by atoms with van der Waals surface area (Å²) in [5.41, 5.74) is 3.91. The van der Waals surface area contributed by atoms with Gasteiger partial charge in [0, 0.05) is 11.1 Å². The smallest absolute Gasteiger partial charge is 0.235 e. The van der Waals surface area contributed by atoms with Crippen molar-refractivity contribution in [3.05, 3.63) is 71.4 Å². The minimum absolute atomic E-state index is 0.0203. The number of aryl methyl sites for hydroxylation is 1.